The Balaban J connectivity index is 1.81. The highest BCUT2D eigenvalue weighted by atomic mass is 79.9. The first-order valence-corrected chi connectivity index (χ1v) is 7.47. The first kappa shape index (κ1) is 13.3. The van der Waals surface area contributed by atoms with Crippen molar-refractivity contribution in [2.45, 2.75) is 12.8 Å². The molecule has 0 unspecified atom stereocenters. The molecule has 0 bridgehead atoms. The molecule has 20 heavy (non-hydrogen) atoms. The Morgan fingerprint density at radius 3 is 2.95 bits per heavy atom. The van der Waals surface area contributed by atoms with E-state index in [1.165, 1.54) is 4.48 Å². The first-order chi connectivity index (χ1) is 9.74. The number of fused-ring (bicyclic) bond motifs is 1. The number of hydrogen-bond donors (Lipinski definition) is 0. The van der Waals surface area contributed by atoms with Gasteiger partial charge in [0.15, 0.2) is 0 Å². The molecule has 2 heterocycles. The molecule has 0 spiro atoms. The highest BCUT2D eigenvalue weighted by Gasteiger charge is 2.17. The van der Waals surface area contributed by atoms with Gasteiger partial charge in [-0.05, 0) is 21.9 Å². The van der Waals surface area contributed by atoms with E-state index in [-0.39, 0.29) is 5.91 Å². The maximum absolute atomic E-state index is 12.4. The molecule has 1 aliphatic rings. The van der Waals surface area contributed by atoms with Crippen LogP contribution in [0, 0.1) is 0 Å². The van der Waals surface area contributed by atoms with Gasteiger partial charge in [0.2, 0.25) is 5.91 Å². The van der Waals surface area contributed by atoms with Crippen molar-refractivity contribution >= 4 is 32.6 Å². The van der Waals surface area contributed by atoms with Crippen molar-refractivity contribution in [1.82, 2.24) is 9.88 Å². The van der Waals surface area contributed by atoms with Gasteiger partial charge in [0.1, 0.15) is 0 Å². The summed E-state index contributed by atoms with van der Waals surface area (Å²) in [6, 6.07) is 8.06. The van der Waals surface area contributed by atoms with Crippen molar-refractivity contribution in [2.24, 2.45) is 0 Å². The van der Waals surface area contributed by atoms with Crippen molar-refractivity contribution in [3.63, 3.8) is 0 Å². The van der Waals surface area contributed by atoms with Crippen molar-refractivity contribution in [1.29, 1.82) is 0 Å². The van der Waals surface area contributed by atoms with Gasteiger partial charge in [-0.15, -0.1) is 0 Å². The highest BCUT2D eigenvalue weighted by Crippen LogP contribution is 2.20. The molecule has 3 rings (SSSR count). The largest absolute Gasteiger partial charge is 0.338 e. The van der Waals surface area contributed by atoms with Gasteiger partial charge < -0.3 is 4.90 Å². The summed E-state index contributed by atoms with van der Waals surface area (Å²) in [5, 5.41) is 2.20. The number of benzene rings is 1. The number of aromatic nitrogens is 1. The van der Waals surface area contributed by atoms with Crippen LogP contribution >= 0.6 is 15.9 Å². The Morgan fingerprint density at radius 1 is 1.30 bits per heavy atom. The predicted molar refractivity (Wildman–Crippen MR) is 83.7 cm³/mol. The molecule has 3 nitrogen and oxygen atoms in total. The van der Waals surface area contributed by atoms with Crippen LogP contribution in [0.5, 0.6) is 0 Å². The van der Waals surface area contributed by atoms with Crippen molar-refractivity contribution < 1.29 is 4.79 Å². The average molecular weight is 331 g/mol. The van der Waals surface area contributed by atoms with Crippen LogP contribution in [0.2, 0.25) is 0 Å². The third-order valence-corrected chi connectivity index (χ3v) is 4.32. The standard InChI is InChI=1S/C16H15BrN2O/c17-14-5-7-19(8-6-14)16(20)9-13-11-18-10-12-3-1-2-4-15(12)13/h1-5,10-11H,6-9H2. The minimum absolute atomic E-state index is 0.166. The summed E-state index contributed by atoms with van der Waals surface area (Å²) < 4.78 is 1.19. The minimum Gasteiger partial charge on any atom is -0.338 e. The number of hydrogen-bond acceptors (Lipinski definition) is 2. The summed E-state index contributed by atoms with van der Waals surface area (Å²) in [6.45, 7) is 1.48. The molecule has 0 N–H and O–H groups in total. The molecule has 0 atom stereocenters. The number of pyridine rings is 1. The van der Waals surface area contributed by atoms with Crippen LogP contribution in [-0.2, 0) is 11.2 Å². The number of nitrogens with zero attached hydrogens (tertiary/aromatic N) is 2. The molecule has 1 aromatic carbocycles. The smallest absolute Gasteiger partial charge is 0.227 e. The lowest BCUT2D eigenvalue weighted by molar-refractivity contribution is -0.130. The summed E-state index contributed by atoms with van der Waals surface area (Å²) in [7, 11) is 0. The molecule has 1 aliphatic heterocycles. The van der Waals surface area contributed by atoms with Gasteiger partial charge >= 0.3 is 0 Å². The number of carbonyl (C=O) groups is 1. The molecule has 0 saturated heterocycles. The Bertz CT molecular complexity index is 676. The third kappa shape index (κ3) is 2.75. The summed E-state index contributed by atoms with van der Waals surface area (Å²) in [5.74, 6) is 0.166. The Kier molecular flexibility index (Phi) is 3.83. The Morgan fingerprint density at radius 2 is 2.15 bits per heavy atom. The molecule has 0 aliphatic carbocycles. The zero-order valence-electron chi connectivity index (χ0n) is 11.1. The van der Waals surface area contributed by atoms with E-state index in [1.54, 1.807) is 6.20 Å². The van der Waals surface area contributed by atoms with Gasteiger partial charge in [0.25, 0.3) is 0 Å². The molecule has 2 aromatic rings. The zero-order chi connectivity index (χ0) is 13.9. The fraction of sp³-hybridized carbons (Fsp3) is 0.250. The lowest BCUT2D eigenvalue weighted by atomic mass is 10.0. The molecule has 0 saturated carbocycles. The average Bonchev–Trinajstić information content (AvgIpc) is 2.48. The molecule has 0 radical (unpaired) electrons. The van der Waals surface area contributed by atoms with Crippen molar-refractivity contribution in [2.75, 3.05) is 13.1 Å². The monoisotopic (exact) mass is 330 g/mol. The number of rotatable bonds is 2. The second-order valence-electron chi connectivity index (χ2n) is 4.94. The Labute approximate surface area is 126 Å². The number of amides is 1. The van der Waals surface area contributed by atoms with Crippen LogP contribution in [0.15, 0.2) is 47.2 Å². The second-order valence-corrected chi connectivity index (χ2v) is 5.96. The topological polar surface area (TPSA) is 33.2 Å². The van der Waals surface area contributed by atoms with Crippen LogP contribution < -0.4 is 0 Å². The van der Waals surface area contributed by atoms with Crippen molar-refractivity contribution in [3.05, 3.63) is 52.8 Å². The van der Waals surface area contributed by atoms with E-state index in [0.29, 0.717) is 13.0 Å². The molecular formula is C16H15BrN2O. The van der Waals surface area contributed by atoms with Crippen LogP contribution in [0.3, 0.4) is 0 Å². The van der Waals surface area contributed by atoms with Crippen molar-refractivity contribution in [3.8, 4) is 0 Å². The molecule has 4 heteroatoms. The van der Waals surface area contributed by atoms with Gasteiger partial charge in [-0.3, -0.25) is 9.78 Å². The fourth-order valence-electron chi connectivity index (χ4n) is 2.47. The van der Waals surface area contributed by atoms with Crippen LogP contribution in [0.25, 0.3) is 10.8 Å². The summed E-state index contributed by atoms with van der Waals surface area (Å²) in [6.07, 6.45) is 7.02. The molecule has 0 fully saturated rings. The van der Waals surface area contributed by atoms with E-state index < -0.39 is 0 Å². The van der Waals surface area contributed by atoms with Gasteiger partial charge in [-0.2, -0.15) is 0 Å². The quantitative estimate of drug-likeness (QED) is 0.846. The van der Waals surface area contributed by atoms with Crippen LogP contribution in [0.4, 0.5) is 0 Å². The van der Waals surface area contributed by atoms with Crippen LogP contribution in [0.1, 0.15) is 12.0 Å². The maximum atomic E-state index is 12.4. The zero-order valence-corrected chi connectivity index (χ0v) is 12.6. The van der Waals surface area contributed by atoms with Gasteiger partial charge in [-0.25, -0.2) is 0 Å². The maximum Gasteiger partial charge on any atom is 0.227 e. The van der Waals surface area contributed by atoms with E-state index >= 15 is 0 Å². The van der Waals surface area contributed by atoms with E-state index in [0.717, 1.165) is 29.3 Å². The van der Waals surface area contributed by atoms with E-state index in [2.05, 4.69) is 27.0 Å². The first-order valence-electron chi connectivity index (χ1n) is 6.68. The molecule has 1 aromatic heterocycles. The van der Waals surface area contributed by atoms with Gasteiger partial charge in [-0.1, -0.05) is 46.3 Å². The predicted octanol–water partition coefficient (Wildman–Crippen LogP) is 3.29. The lowest BCUT2D eigenvalue weighted by Gasteiger charge is -2.25. The SMILES string of the molecule is O=C(Cc1cncc2ccccc12)N1CC=C(Br)CC1. The lowest BCUT2D eigenvalue weighted by Crippen LogP contribution is -2.35. The van der Waals surface area contributed by atoms with Gasteiger partial charge in [0, 0.05) is 30.9 Å². The second kappa shape index (κ2) is 5.75. The summed E-state index contributed by atoms with van der Waals surface area (Å²) in [4.78, 5) is 18.5. The van der Waals surface area contributed by atoms with Crippen LogP contribution in [-0.4, -0.2) is 28.9 Å². The van der Waals surface area contributed by atoms with E-state index in [4.69, 9.17) is 0 Å². The number of halogens is 1. The van der Waals surface area contributed by atoms with E-state index in [1.807, 2.05) is 35.4 Å². The summed E-state index contributed by atoms with van der Waals surface area (Å²) >= 11 is 3.48. The molecular weight excluding hydrogens is 316 g/mol. The fourth-order valence-corrected chi connectivity index (χ4v) is 2.79. The third-order valence-electron chi connectivity index (χ3n) is 3.60. The van der Waals surface area contributed by atoms with Gasteiger partial charge in [0.05, 0.1) is 6.42 Å². The van der Waals surface area contributed by atoms with E-state index in [9.17, 15) is 4.79 Å². The normalized spacial score (nSPS) is 15.2. The minimum atomic E-state index is 0.166. The summed E-state index contributed by atoms with van der Waals surface area (Å²) in [5.41, 5.74) is 1.00. The molecule has 1 amide bonds. The Hall–Kier alpha value is -1.68. The molecule has 102 valence electrons. The highest BCUT2D eigenvalue weighted by molar-refractivity contribution is 9.11. The number of carbonyl (C=O) groups excluding carboxylic acids is 1.